The molecule has 108 valence electrons. The van der Waals surface area contributed by atoms with Gasteiger partial charge < -0.3 is 9.30 Å². The second-order valence-corrected chi connectivity index (χ2v) is 5.64. The van der Waals surface area contributed by atoms with Gasteiger partial charge in [0.25, 0.3) is 0 Å². The van der Waals surface area contributed by atoms with Crippen molar-refractivity contribution in [3.05, 3.63) is 51.8 Å². The molecule has 0 unspecified atom stereocenters. The minimum atomic E-state index is 0.628. The Hall–Kier alpha value is -2.69. The zero-order valence-corrected chi connectivity index (χ0v) is 13.2. The van der Waals surface area contributed by atoms with Crippen LogP contribution in [0.2, 0.25) is 0 Å². The number of methoxy groups -OCH3 is 1. The van der Waals surface area contributed by atoms with Gasteiger partial charge in [-0.3, -0.25) is 0 Å². The lowest BCUT2D eigenvalue weighted by Gasteiger charge is -2.04. The van der Waals surface area contributed by atoms with Crippen LogP contribution in [0, 0.1) is 23.2 Å². The van der Waals surface area contributed by atoms with Crippen LogP contribution >= 0.6 is 11.3 Å². The predicted octanol–water partition coefficient (Wildman–Crippen LogP) is 4.00. The minimum absolute atomic E-state index is 0.628. The molecular weight excluding hydrogens is 292 g/mol. The lowest BCUT2D eigenvalue weighted by Crippen LogP contribution is -1.98. The Balaban J connectivity index is 2.26. The van der Waals surface area contributed by atoms with Gasteiger partial charge in [-0.1, -0.05) is 6.07 Å². The van der Waals surface area contributed by atoms with Crippen LogP contribution in [-0.4, -0.2) is 11.7 Å². The first-order valence-corrected chi connectivity index (χ1v) is 7.82. The first-order valence-electron chi connectivity index (χ1n) is 6.94. The molecule has 0 radical (unpaired) electrons. The number of ether oxygens (including phenoxy) is 1. The summed E-state index contributed by atoms with van der Waals surface area (Å²) >= 11 is 1.60. The van der Waals surface area contributed by atoms with Crippen LogP contribution < -0.4 is 4.74 Å². The molecule has 2 heterocycles. The fraction of sp³-hybridized carbons (Fsp3) is 0.167. The van der Waals surface area contributed by atoms with E-state index in [0.717, 1.165) is 33.8 Å². The van der Waals surface area contributed by atoms with Crippen molar-refractivity contribution >= 4 is 22.2 Å². The molecule has 3 aromatic rings. The third-order valence-corrected chi connectivity index (χ3v) is 4.31. The summed E-state index contributed by atoms with van der Waals surface area (Å²) in [6, 6.07) is 12.0. The molecule has 0 aliphatic carbocycles. The first-order chi connectivity index (χ1) is 10.8. The van der Waals surface area contributed by atoms with Crippen LogP contribution in [0.3, 0.4) is 0 Å². The summed E-state index contributed by atoms with van der Waals surface area (Å²) < 4.78 is 7.36. The van der Waals surface area contributed by atoms with Gasteiger partial charge in [-0.2, -0.15) is 5.26 Å². The van der Waals surface area contributed by atoms with E-state index in [1.54, 1.807) is 18.4 Å². The van der Waals surface area contributed by atoms with Gasteiger partial charge in [0.2, 0.25) is 0 Å². The van der Waals surface area contributed by atoms with E-state index in [1.165, 1.54) is 0 Å². The average molecular weight is 306 g/mol. The topological polar surface area (TPSA) is 38.0 Å². The van der Waals surface area contributed by atoms with Gasteiger partial charge in [-0.05, 0) is 42.3 Å². The highest BCUT2D eigenvalue weighted by Gasteiger charge is 2.15. The molecule has 0 aliphatic heterocycles. The molecule has 0 saturated carbocycles. The standard InChI is InChI=1S/C18H14N2OS/c1-3-20-17(9-7-14-5-4-10-22-14)16(12-19)15-8-6-13(21-2)11-18(15)20/h4-6,8,10-11H,3H2,1-2H3. The average Bonchev–Trinajstić information content (AvgIpc) is 3.17. The summed E-state index contributed by atoms with van der Waals surface area (Å²) in [5, 5.41) is 12.5. The fourth-order valence-corrected chi connectivity index (χ4v) is 3.07. The molecule has 3 rings (SSSR count). The SMILES string of the molecule is CCn1c(C#Cc2cccs2)c(C#N)c2ccc(OC)cc21. The van der Waals surface area contributed by atoms with Crippen molar-refractivity contribution in [2.75, 3.05) is 7.11 Å². The normalized spacial score (nSPS) is 10.0. The number of nitrogens with zero attached hydrogens (tertiary/aromatic N) is 2. The highest BCUT2D eigenvalue weighted by atomic mass is 32.1. The molecule has 0 amide bonds. The number of benzene rings is 1. The third kappa shape index (κ3) is 2.35. The van der Waals surface area contributed by atoms with Gasteiger partial charge in [-0.15, -0.1) is 11.3 Å². The minimum Gasteiger partial charge on any atom is -0.497 e. The second-order valence-electron chi connectivity index (χ2n) is 4.69. The number of fused-ring (bicyclic) bond motifs is 1. The lowest BCUT2D eigenvalue weighted by molar-refractivity contribution is 0.415. The van der Waals surface area contributed by atoms with Crippen molar-refractivity contribution in [3.63, 3.8) is 0 Å². The van der Waals surface area contributed by atoms with Gasteiger partial charge in [0, 0.05) is 18.0 Å². The van der Waals surface area contributed by atoms with E-state index in [9.17, 15) is 5.26 Å². The lowest BCUT2D eigenvalue weighted by atomic mass is 10.1. The van der Waals surface area contributed by atoms with Crippen LogP contribution in [0.15, 0.2) is 35.7 Å². The molecule has 0 fully saturated rings. The van der Waals surface area contributed by atoms with Crippen molar-refractivity contribution in [2.45, 2.75) is 13.5 Å². The second kappa shape index (κ2) is 5.97. The van der Waals surface area contributed by atoms with E-state index < -0.39 is 0 Å². The van der Waals surface area contributed by atoms with Gasteiger partial charge in [0.1, 0.15) is 17.5 Å². The Bertz CT molecular complexity index is 918. The van der Waals surface area contributed by atoms with Crippen LogP contribution in [0.5, 0.6) is 5.75 Å². The van der Waals surface area contributed by atoms with Crippen molar-refractivity contribution in [3.8, 4) is 23.7 Å². The number of thiophene rings is 1. The molecule has 4 heteroatoms. The molecule has 0 bridgehead atoms. The molecule has 0 spiro atoms. The molecule has 3 nitrogen and oxygen atoms in total. The van der Waals surface area contributed by atoms with Crippen LogP contribution in [-0.2, 0) is 6.54 Å². The summed E-state index contributed by atoms with van der Waals surface area (Å²) in [4.78, 5) is 0.995. The Labute approximate surface area is 133 Å². The van der Waals surface area contributed by atoms with Gasteiger partial charge in [0.05, 0.1) is 23.1 Å². The van der Waals surface area contributed by atoms with Crippen LogP contribution in [0.4, 0.5) is 0 Å². The van der Waals surface area contributed by atoms with Crippen molar-refractivity contribution in [2.24, 2.45) is 0 Å². The molecule has 0 aliphatic rings. The van der Waals surface area contributed by atoms with Gasteiger partial charge in [0.15, 0.2) is 0 Å². The maximum absolute atomic E-state index is 9.55. The number of aryl methyl sites for hydroxylation is 1. The zero-order valence-electron chi connectivity index (χ0n) is 12.4. The Morgan fingerprint density at radius 1 is 1.27 bits per heavy atom. The molecular formula is C18H14N2OS. The predicted molar refractivity (Wildman–Crippen MR) is 89.2 cm³/mol. The van der Waals surface area contributed by atoms with Gasteiger partial charge in [-0.25, -0.2) is 0 Å². The molecule has 22 heavy (non-hydrogen) atoms. The monoisotopic (exact) mass is 306 g/mol. The van der Waals surface area contributed by atoms with E-state index in [4.69, 9.17) is 4.74 Å². The number of hydrogen-bond acceptors (Lipinski definition) is 3. The zero-order chi connectivity index (χ0) is 15.5. The highest BCUT2D eigenvalue weighted by Crippen LogP contribution is 2.28. The highest BCUT2D eigenvalue weighted by molar-refractivity contribution is 7.10. The molecule has 1 aromatic carbocycles. The van der Waals surface area contributed by atoms with E-state index in [2.05, 4.69) is 29.4 Å². The number of nitriles is 1. The molecule has 0 N–H and O–H groups in total. The van der Waals surface area contributed by atoms with E-state index in [1.807, 2.05) is 35.7 Å². The van der Waals surface area contributed by atoms with Gasteiger partial charge >= 0.3 is 0 Å². The maximum atomic E-state index is 9.55. The number of aromatic nitrogens is 1. The van der Waals surface area contributed by atoms with E-state index in [-0.39, 0.29) is 0 Å². The maximum Gasteiger partial charge on any atom is 0.120 e. The number of rotatable bonds is 2. The van der Waals surface area contributed by atoms with Crippen molar-refractivity contribution in [1.82, 2.24) is 4.57 Å². The Kier molecular flexibility index (Phi) is 3.87. The molecule has 0 atom stereocenters. The number of hydrogen-bond donors (Lipinski definition) is 0. The third-order valence-electron chi connectivity index (χ3n) is 3.53. The molecule has 2 aromatic heterocycles. The van der Waals surface area contributed by atoms with Crippen molar-refractivity contribution < 1.29 is 4.74 Å². The van der Waals surface area contributed by atoms with E-state index >= 15 is 0 Å². The summed E-state index contributed by atoms with van der Waals surface area (Å²) in [6.45, 7) is 2.80. The summed E-state index contributed by atoms with van der Waals surface area (Å²) in [5.74, 6) is 7.10. The quantitative estimate of drug-likeness (QED) is 0.671. The largest absolute Gasteiger partial charge is 0.497 e. The smallest absolute Gasteiger partial charge is 0.120 e. The van der Waals surface area contributed by atoms with Crippen LogP contribution in [0.25, 0.3) is 10.9 Å². The fourth-order valence-electron chi connectivity index (χ4n) is 2.50. The summed E-state index contributed by atoms with van der Waals surface area (Å²) in [7, 11) is 1.64. The summed E-state index contributed by atoms with van der Waals surface area (Å²) in [6.07, 6.45) is 0. The van der Waals surface area contributed by atoms with Crippen LogP contribution in [0.1, 0.15) is 23.1 Å². The molecule has 0 saturated heterocycles. The summed E-state index contributed by atoms with van der Waals surface area (Å²) in [5.41, 5.74) is 2.37. The van der Waals surface area contributed by atoms with E-state index in [0.29, 0.717) is 5.56 Å². The van der Waals surface area contributed by atoms with Crippen molar-refractivity contribution in [1.29, 1.82) is 5.26 Å². The Morgan fingerprint density at radius 3 is 2.77 bits per heavy atom. The first kappa shape index (κ1) is 14.3. The Morgan fingerprint density at radius 2 is 2.14 bits per heavy atom.